The number of hydrogen-bond acceptors (Lipinski definition) is 2. The molecule has 0 unspecified atom stereocenters. The highest BCUT2D eigenvalue weighted by Gasteiger charge is 2.18. The third-order valence-corrected chi connectivity index (χ3v) is 4.71. The molecule has 4 heteroatoms. The van der Waals surface area contributed by atoms with Gasteiger partial charge in [-0.3, -0.25) is 9.89 Å². The molecule has 3 aromatic rings. The van der Waals surface area contributed by atoms with Crippen LogP contribution in [0.15, 0.2) is 48.5 Å². The van der Waals surface area contributed by atoms with Crippen LogP contribution in [0.5, 0.6) is 0 Å². The Bertz CT molecular complexity index is 894. The maximum Gasteiger partial charge on any atom is 0.252 e. The van der Waals surface area contributed by atoms with Gasteiger partial charge in [0.15, 0.2) is 0 Å². The third kappa shape index (κ3) is 4.20. The average molecular weight is 347 g/mol. The first-order valence-electron chi connectivity index (χ1n) is 9.06. The lowest BCUT2D eigenvalue weighted by atomic mass is 9.99. The number of nitrogens with two attached hydrogens (primary N) is 1. The van der Waals surface area contributed by atoms with Gasteiger partial charge in [0.25, 0.3) is 5.91 Å². The summed E-state index contributed by atoms with van der Waals surface area (Å²) in [5, 5.41) is 7.42. The summed E-state index contributed by atoms with van der Waals surface area (Å²) in [7, 11) is 0. The van der Waals surface area contributed by atoms with Gasteiger partial charge >= 0.3 is 0 Å². The monoisotopic (exact) mass is 347 g/mol. The van der Waals surface area contributed by atoms with E-state index < -0.39 is 5.91 Å². The number of aryl methyl sites for hydroxylation is 4. The Morgan fingerprint density at radius 3 is 2.46 bits per heavy atom. The van der Waals surface area contributed by atoms with Crippen LogP contribution in [0.2, 0.25) is 0 Å². The molecule has 2 aromatic carbocycles. The van der Waals surface area contributed by atoms with Gasteiger partial charge in [-0.15, -0.1) is 0 Å². The van der Waals surface area contributed by atoms with E-state index in [1.807, 2.05) is 6.07 Å². The Morgan fingerprint density at radius 1 is 1.04 bits per heavy atom. The number of nitrogens with one attached hydrogen (secondary N) is 1. The number of primary amides is 1. The van der Waals surface area contributed by atoms with Crippen LogP contribution in [0.1, 0.15) is 50.9 Å². The van der Waals surface area contributed by atoms with Gasteiger partial charge < -0.3 is 5.73 Å². The Kier molecular flexibility index (Phi) is 5.52. The average Bonchev–Trinajstić information content (AvgIpc) is 3.04. The van der Waals surface area contributed by atoms with Crippen molar-refractivity contribution in [2.24, 2.45) is 5.73 Å². The van der Waals surface area contributed by atoms with Gasteiger partial charge in [0, 0.05) is 6.42 Å². The zero-order valence-electron chi connectivity index (χ0n) is 15.4. The molecular formula is C22H25N3O. The fraction of sp³-hybridized carbons (Fsp3) is 0.273. The lowest BCUT2D eigenvalue weighted by molar-refractivity contribution is 0.0998. The molecule has 0 aliphatic heterocycles. The topological polar surface area (TPSA) is 71.8 Å². The Labute approximate surface area is 154 Å². The second kappa shape index (κ2) is 8.00. The van der Waals surface area contributed by atoms with Crippen molar-refractivity contribution in [1.29, 1.82) is 0 Å². The van der Waals surface area contributed by atoms with Crippen LogP contribution >= 0.6 is 0 Å². The minimum atomic E-state index is -0.417. The fourth-order valence-electron chi connectivity index (χ4n) is 3.20. The van der Waals surface area contributed by atoms with E-state index in [4.69, 9.17) is 5.73 Å². The number of hydrogen-bond donors (Lipinski definition) is 2. The van der Waals surface area contributed by atoms with Crippen molar-refractivity contribution in [3.63, 3.8) is 0 Å². The molecule has 1 amide bonds. The standard InChI is InChI=1S/C22H25N3O/c1-3-16-5-4-6-18(13-16)14-20-21(22(23)26)19(24-25-20)12-11-17-9-7-15(2)8-10-17/h4-10,13H,3,11-12,14H2,1-2H3,(H2,23,26)(H,24,25). The first kappa shape index (κ1) is 17.9. The largest absolute Gasteiger partial charge is 0.365 e. The lowest BCUT2D eigenvalue weighted by Crippen LogP contribution is -2.15. The normalized spacial score (nSPS) is 10.8. The van der Waals surface area contributed by atoms with Crippen LogP contribution in [0, 0.1) is 6.92 Å². The predicted molar refractivity (Wildman–Crippen MR) is 104 cm³/mol. The van der Waals surface area contributed by atoms with E-state index in [9.17, 15) is 4.79 Å². The lowest BCUT2D eigenvalue weighted by Gasteiger charge is -2.05. The quantitative estimate of drug-likeness (QED) is 0.683. The molecule has 0 bridgehead atoms. The van der Waals surface area contributed by atoms with E-state index in [2.05, 4.69) is 66.5 Å². The van der Waals surface area contributed by atoms with E-state index in [1.165, 1.54) is 16.7 Å². The molecule has 1 heterocycles. The molecule has 3 rings (SSSR count). The van der Waals surface area contributed by atoms with Crippen LogP contribution in [-0.4, -0.2) is 16.1 Å². The molecule has 1 aromatic heterocycles. The maximum absolute atomic E-state index is 12.0. The zero-order valence-corrected chi connectivity index (χ0v) is 15.4. The fourth-order valence-corrected chi connectivity index (χ4v) is 3.20. The highest BCUT2D eigenvalue weighted by molar-refractivity contribution is 5.95. The third-order valence-electron chi connectivity index (χ3n) is 4.71. The summed E-state index contributed by atoms with van der Waals surface area (Å²) in [5.74, 6) is -0.417. The van der Waals surface area contributed by atoms with Crippen molar-refractivity contribution in [3.05, 3.63) is 87.7 Å². The first-order valence-corrected chi connectivity index (χ1v) is 9.06. The number of amides is 1. The van der Waals surface area contributed by atoms with Crippen LogP contribution in [0.3, 0.4) is 0 Å². The van der Waals surface area contributed by atoms with E-state index in [0.29, 0.717) is 18.4 Å². The van der Waals surface area contributed by atoms with Gasteiger partial charge in [-0.1, -0.05) is 61.0 Å². The summed E-state index contributed by atoms with van der Waals surface area (Å²) in [6.07, 6.45) is 3.13. The van der Waals surface area contributed by atoms with E-state index in [-0.39, 0.29) is 0 Å². The summed E-state index contributed by atoms with van der Waals surface area (Å²) < 4.78 is 0. The van der Waals surface area contributed by atoms with Crippen molar-refractivity contribution in [2.75, 3.05) is 0 Å². The number of nitrogens with zero attached hydrogens (tertiary/aromatic N) is 1. The Balaban J connectivity index is 1.79. The summed E-state index contributed by atoms with van der Waals surface area (Å²) in [6, 6.07) is 16.8. The molecule has 0 atom stereocenters. The van der Waals surface area contributed by atoms with Crippen molar-refractivity contribution in [3.8, 4) is 0 Å². The molecule has 4 nitrogen and oxygen atoms in total. The summed E-state index contributed by atoms with van der Waals surface area (Å²) in [5.41, 5.74) is 12.6. The number of rotatable bonds is 7. The number of H-pyrrole nitrogens is 1. The minimum absolute atomic E-state index is 0.417. The summed E-state index contributed by atoms with van der Waals surface area (Å²) >= 11 is 0. The van der Waals surface area contributed by atoms with Crippen molar-refractivity contribution < 1.29 is 4.79 Å². The second-order valence-electron chi connectivity index (χ2n) is 6.72. The molecule has 0 radical (unpaired) electrons. The number of aromatic amines is 1. The van der Waals surface area contributed by atoms with Gasteiger partial charge in [-0.25, -0.2) is 0 Å². The van der Waals surface area contributed by atoms with Gasteiger partial charge in [0.05, 0.1) is 17.0 Å². The predicted octanol–water partition coefficient (Wildman–Crippen LogP) is 3.76. The van der Waals surface area contributed by atoms with Crippen LogP contribution in [0.25, 0.3) is 0 Å². The van der Waals surface area contributed by atoms with E-state index >= 15 is 0 Å². The highest BCUT2D eigenvalue weighted by Crippen LogP contribution is 2.18. The highest BCUT2D eigenvalue weighted by atomic mass is 16.1. The minimum Gasteiger partial charge on any atom is -0.365 e. The molecule has 0 saturated carbocycles. The molecule has 3 N–H and O–H groups in total. The van der Waals surface area contributed by atoms with Gasteiger partial charge in [-0.05, 0) is 42.9 Å². The number of carbonyl (C=O) groups is 1. The Hall–Kier alpha value is -2.88. The molecule has 134 valence electrons. The SMILES string of the molecule is CCc1cccc(Cc2[nH]nc(CCc3ccc(C)cc3)c2C(N)=O)c1. The first-order chi connectivity index (χ1) is 12.6. The van der Waals surface area contributed by atoms with Gasteiger partial charge in [-0.2, -0.15) is 5.10 Å². The molecule has 0 saturated heterocycles. The van der Waals surface area contributed by atoms with Crippen molar-refractivity contribution in [1.82, 2.24) is 10.2 Å². The molecule has 26 heavy (non-hydrogen) atoms. The number of aromatic nitrogens is 2. The van der Waals surface area contributed by atoms with Gasteiger partial charge in [0.1, 0.15) is 0 Å². The summed E-state index contributed by atoms with van der Waals surface area (Å²) in [4.78, 5) is 12.0. The second-order valence-corrected chi connectivity index (χ2v) is 6.72. The van der Waals surface area contributed by atoms with E-state index in [1.54, 1.807) is 0 Å². The molecule has 0 aliphatic rings. The van der Waals surface area contributed by atoms with Gasteiger partial charge in [0.2, 0.25) is 0 Å². The number of benzene rings is 2. The maximum atomic E-state index is 12.0. The van der Waals surface area contributed by atoms with Crippen molar-refractivity contribution >= 4 is 5.91 Å². The molecular weight excluding hydrogens is 322 g/mol. The molecule has 0 spiro atoms. The van der Waals surface area contributed by atoms with Crippen LogP contribution < -0.4 is 5.73 Å². The molecule has 0 fully saturated rings. The van der Waals surface area contributed by atoms with E-state index in [0.717, 1.165) is 29.8 Å². The van der Waals surface area contributed by atoms with Crippen molar-refractivity contribution in [2.45, 2.75) is 39.5 Å². The smallest absolute Gasteiger partial charge is 0.252 e. The zero-order chi connectivity index (χ0) is 18.5. The summed E-state index contributed by atoms with van der Waals surface area (Å²) in [6.45, 7) is 4.20. The van der Waals surface area contributed by atoms with Crippen LogP contribution in [-0.2, 0) is 25.7 Å². The molecule has 0 aliphatic carbocycles. The van der Waals surface area contributed by atoms with Crippen LogP contribution in [0.4, 0.5) is 0 Å². The number of carbonyl (C=O) groups excluding carboxylic acids is 1. The Morgan fingerprint density at radius 2 is 1.77 bits per heavy atom.